The van der Waals surface area contributed by atoms with Crippen molar-refractivity contribution < 1.29 is 97.3 Å². The number of aromatic hydroxyl groups is 1. The van der Waals surface area contributed by atoms with Crippen molar-refractivity contribution in [1.82, 2.24) is 52.3 Å². The summed E-state index contributed by atoms with van der Waals surface area (Å²) >= 11 is 0. The summed E-state index contributed by atoms with van der Waals surface area (Å²) in [4.78, 5) is 196. The Bertz CT molecular complexity index is 3230. The van der Waals surface area contributed by atoms with E-state index in [1.165, 1.54) is 66.1 Å². The first-order valence-electron chi connectivity index (χ1n) is 35.2. The van der Waals surface area contributed by atoms with Gasteiger partial charge in [0.25, 0.3) is 5.91 Å². The molecule has 598 valence electrons. The number of likely N-dealkylation sites (N-methyl/N-ethyl adjacent to an activating group) is 2. The van der Waals surface area contributed by atoms with Crippen LogP contribution in [0.25, 0.3) is 0 Å². The van der Waals surface area contributed by atoms with E-state index >= 15 is 14.4 Å². The second kappa shape index (κ2) is 43.8. The van der Waals surface area contributed by atoms with Crippen molar-refractivity contribution in [3.05, 3.63) is 29.8 Å². The van der Waals surface area contributed by atoms with Crippen molar-refractivity contribution in [3.8, 4) is 5.75 Å². The van der Waals surface area contributed by atoms with E-state index in [1.807, 2.05) is 13.8 Å². The number of esters is 1. The monoisotopic (exact) mass is 1500 g/mol. The zero-order valence-electron chi connectivity index (χ0n) is 63.2. The number of nitrogens with zero attached hydrogens (tertiary/aromatic N) is 4. The number of hydrogen-bond acceptors (Lipinski definition) is 22. The van der Waals surface area contributed by atoms with Gasteiger partial charge < -0.3 is 122 Å². The highest BCUT2D eigenvalue weighted by Gasteiger charge is 2.45. The second-order valence-electron chi connectivity index (χ2n) is 28.0. The standard InChI is InChI=1S/C68H116N18O20/c1-30(2)28-32(5)51(90)35(8)56(94)77-36(9)57(95)78-42(18-16-26-75-67(71)72)52(91)53(92)63(101)81-47(33(6)34(7)55(70)93)60(98)83-49-39(12)106-66(104)37(10)85(13)65(103)50(54(105-15)40-20-22-41(88)23-21-40)84-59(97)45(24-25-46(69)89)86(14)64(102)44(29-31(3)4)80-58(96)43(19-17-27-76-68(73)74)79-61(99)48(38(11)87)82-62(49)100/h20-23,30-39,42-45,47-54,87-88,90-92H,16-19,24-29H2,1-15H3,(H2,69,89)(H2,70,93)(H,77,94)(H,78,95)(H,79,99)(H,80,96)(H,81,101)(H,82,100)(H,83,98)(H,84,97)(H4,71,72,75)(H4,73,74,76)/t32-,33-,34+,35+,36-,37-,38?,39+,42-,43+,44-,45-,47-,48-,49-,50?,51+,52+,53+,54?/m0/s1. The Labute approximate surface area is 617 Å². The highest BCUT2D eigenvalue weighted by Crippen LogP contribution is 2.27. The fourth-order valence-electron chi connectivity index (χ4n) is 11.7. The minimum atomic E-state index is -2.58. The Hall–Kier alpha value is -9.53. The van der Waals surface area contributed by atoms with Crippen LogP contribution < -0.4 is 76.9 Å². The van der Waals surface area contributed by atoms with Gasteiger partial charge in [-0.3, -0.25) is 67.5 Å². The first-order valence-corrected chi connectivity index (χ1v) is 35.2. The van der Waals surface area contributed by atoms with E-state index in [1.54, 1.807) is 20.8 Å². The number of ether oxygens (including phenoxy) is 2. The summed E-state index contributed by atoms with van der Waals surface area (Å²) < 4.78 is 11.7. The summed E-state index contributed by atoms with van der Waals surface area (Å²) in [5.41, 5.74) is 33.6. The van der Waals surface area contributed by atoms with E-state index in [4.69, 9.17) is 43.9 Å². The van der Waals surface area contributed by atoms with Crippen molar-refractivity contribution in [2.75, 3.05) is 34.3 Å². The van der Waals surface area contributed by atoms with Gasteiger partial charge in [-0.1, -0.05) is 67.5 Å². The van der Waals surface area contributed by atoms with Crippen LogP contribution in [0, 0.1) is 35.5 Å². The zero-order chi connectivity index (χ0) is 81.1. The van der Waals surface area contributed by atoms with E-state index in [9.17, 15) is 73.5 Å². The first kappa shape index (κ1) is 92.6. The van der Waals surface area contributed by atoms with Crippen LogP contribution in [0.3, 0.4) is 0 Å². The number of hydrogen-bond donors (Lipinski definition) is 19. The predicted molar refractivity (Wildman–Crippen MR) is 386 cm³/mol. The lowest BCUT2D eigenvalue weighted by molar-refractivity contribution is -0.162. The fourth-order valence-corrected chi connectivity index (χ4v) is 11.7. The molecule has 20 atom stereocenters. The number of methoxy groups -OCH3 is 1. The van der Waals surface area contributed by atoms with Crippen molar-refractivity contribution in [2.45, 2.75) is 231 Å². The number of aliphatic imine (C=N–C) groups is 2. The molecule has 0 bridgehead atoms. The number of guanidine groups is 2. The average Bonchev–Trinajstić information content (AvgIpc) is 0.811. The number of carbonyl (C=O) groups excluding carboxylic acids is 13. The van der Waals surface area contributed by atoms with E-state index in [2.05, 4.69) is 52.5 Å². The summed E-state index contributed by atoms with van der Waals surface area (Å²) in [6, 6.07) is -12.6. The minimum absolute atomic E-state index is 0.00975. The van der Waals surface area contributed by atoms with Gasteiger partial charge in [0.2, 0.25) is 65.0 Å². The minimum Gasteiger partial charge on any atom is -0.508 e. The maximum absolute atomic E-state index is 15.1. The molecule has 1 fully saturated rings. The molecule has 3 unspecified atom stereocenters. The van der Waals surface area contributed by atoms with E-state index in [0.29, 0.717) is 6.42 Å². The summed E-state index contributed by atoms with van der Waals surface area (Å²) in [7, 11) is 3.47. The molecule has 38 nitrogen and oxygen atoms in total. The molecule has 0 saturated carbocycles. The van der Waals surface area contributed by atoms with E-state index < -0.39 is 204 Å². The Kier molecular flexibility index (Phi) is 38.2. The molecule has 38 heteroatoms. The number of carbonyl (C=O) groups is 13. The summed E-state index contributed by atoms with van der Waals surface area (Å²) in [6.07, 6.45) is -12.4. The Morgan fingerprint density at radius 1 is 0.623 bits per heavy atom. The van der Waals surface area contributed by atoms with Crippen LogP contribution in [0.1, 0.15) is 146 Å². The molecule has 2 rings (SSSR count). The molecule has 1 heterocycles. The molecule has 1 saturated heterocycles. The van der Waals surface area contributed by atoms with Crippen LogP contribution in [0.5, 0.6) is 5.75 Å². The quantitative estimate of drug-likeness (QED) is 0.0132. The van der Waals surface area contributed by atoms with Crippen LogP contribution in [0.4, 0.5) is 0 Å². The fraction of sp³-hybridized carbons (Fsp3) is 0.691. The normalized spacial score (nSPS) is 23.2. The van der Waals surface area contributed by atoms with Crippen LogP contribution >= 0.6 is 0 Å². The van der Waals surface area contributed by atoms with Gasteiger partial charge in [-0.25, -0.2) is 4.79 Å². The molecule has 1 aromatic carbocycles. The maximum Gasteiger partial charge on any atom is 0.328 e. The van der Waals surface area contributed by atoms with Crippen LogP contribution in [-0.4, -0.2) is 249 Å². The van der Waals surface area contributed by atoms with Gasteiger partial charge in [0, 0.05) is 46.6 Å². The van der Waals surface area contributed by atoms with Gasteiger partial charge in [-0.2, -0.15) is 0 Å². The summed E-state index contributed by atoms with van der Waals surface area (Å²) in [6.45, 7) is 17.4. The number of aliphatic hydroxyl groups is 4. The number of benzene rings is 1. The Morgan fingerprint density at radius 2 is 1.19 bits per heavy atom. The number of nitrogens with one attached hydrogen (secondary N) is 8. The third-order valence-corrected chi connectivity index (χ3v) is 18.5. The summed E-state index contributed by atoms with van der Waals surface area (Å²) in [5, 5.41) is 75.7. The number of aliphatic hydroxyl groups excluding tert-OH is 4. The number of rotatable bonds is 34. The molecule has 1 aliphatic rings. The lowest BCUT2D eigenvalue weighted by Crippen LogP contribution is -2.65. The van der Waals surface area contributed by atoms with Crippen molar-refractivity contribution in [1.29, 1.82) is 0 Å². The number of nitrogens with two attached hydrogens (primary N) is 6. The number of cyclic esters (lactones) is 1. The van der Waals surface area contributed by atoms with Gasteiger partial charge in [-0.05, 0) is 114 Å². The lowest BCUT2D eigenvalue weighted by atomic mass is 9.87. The molecular weight excluding hydrogens is 1390 g/mol. The molecule has 0 radical (unpaired) electrons. The highest BCUT2D eigenvalue weighted by molar-refractivity contribution is 5.99. The van der Waals surface area contributed by atoms with Crippen molar-refractivity contribution >= 4 is 88.8 Å². The van der Waals surface area contributed by atoms with Crippen molar-refractivity contribution in [2.24, 2.45) is 79.9 Å². The lowest BCUT2D eigenvalue weighted by Gasteiger charge is -2.36. The number of primary amides is 2. The molecule has 1 aliphatic heterocycles. The SMILES string of the molecule is COC(c1ccc(O)cc1)C1NC(=O)[C@H](CCC(N)=O)N(C)C(=O)[C@H](CC(C)C)NC(=O)[C@@H](CCCN=C(N)N)NC(=O)[C@H](C(C)O)NC(=O)[C@@H](NC(=O)[C@@H](NC(=O)[C@H](O)[C@H](O)[C@H](CCCN=C(N)N)NC(=O)[C@H](C)NC(=O)[C@H](C)[C@H](O)[C@@H](C)CC(C)C)[C@@H](C)[C@@H](C)C(N)=O)[C@@H](C)OC(=O)[C@H](C)N(C)C1=O. The van der Waals surface area contributed by atoms with Gasteiger partial charge >= 0.3 is 5.97 Å². The summed E-state index contributed by atoms with van der Waals surface area (Å²) in [5.74, 6) is -19.8. The van der Waals surface area contributed by atoms with Crippen LogP contribution in [0.15, 0.2) is 34.3 Å². The molecule has 106 heavy (non-hydrogen) atoms. The van der Waals surface area contributed by atoms with E-state index in [-0.39, 0.29) is 86.2 Å². The van der Waals surface area contributed by atoms with Crippen LogP contribution in [0.2, 0.25) is 0 Å². The van der Waals surface area contributed by atoms with Gasteiger partial charge in [0.15, 0.2) is 18.0 Å². The van der Waals surface area contributed by atoms with E-state index in [0.717, 1.165) is 37.6 Å². The molecule has 0 aromatic heterocycles. The smallest absolute Gasteiger partial charge is 0.328 e. The molecule has 1 aromatic rings. The largest absolute Gasteiger partial charge is 0.508 e. The molecule has 0 aliphatic carbocycles. The second-order valence-corrected chi connectivity index (χ2v) is 28.0. The maximum atomic E-state index is 15.1. The van der Waals surface area contributed by atoms with Gasteiger partial charge in [0.1, 0.15) is 78.4 Å². The highest BCUT2D eigenvalue weighted by atomic mass is 16.5. The number of phenols is 1. The Balaban J connectivity index is 3.02. The third kappa shape index (κ3) is 28.7. The first-order chi connectivity index (χ1) is 49.3. The predicted octanol–water partition coefficient (Wildman–Crippen LogP) is -5.44. The third-order valence-electron chi connectivity index (χ3n) is 18.5. The molecule has 0 spiro atoms. The van der Waals surface area contributed by atoms with Gasteiger partial charge in [0.05, 0.1) is 24.2 Å². The number of phenolic OH excluding ortho intramolecular Hbond substituents is 1. The van der Waals surface area contributed by atoms with Crippen molar-refractivity contribution in [3.63, 3.8) is 0 Å². The zero-order valence-corrected chi connectivity index (χ0v) is 63.2. The molecule has 12 amide bonds. The molecule has 25 N–H and O–H groups in total. The Morgan fingerprint density at radius 3 is 1.72 bits per heavy atom. The average molecular weight is 1510 g/mol. The number of amides is 12. The topological polar surface area (TPSA) is 625 Å². The van der Waals surface area contributed by atoms with Crippen LogP contribution in [-0.2, 0) is 71.8 Å². The molecular formula is C68H116N18O20. The van der Waals surface area contributed by atoms with Gasteiger partial charge in [-0.15, -0.1) is 0 Å².